The number of amides is 1. The molecular formula is C21H27N3O3. The summed E-state index contributed by atoms with van der Waals surface area (Å²) in [5.74, 6) is 2.33. The molecule has 144 valence electrons. The van der Waals surface area contributed by atoms with Crippen LogP contribution in [0.3, 0.4) is 0 Å². The van der Waals surface area contributed by atoms with Crippen LogP contribution in [0.4, 0.5) is 0 Å². The Morgan fingerprint density at radius 3 is 2.70 bits per heavy atom. The van der Waals surface area contributed by atoms with Crippen LogP contribution in [-0.4, -0.2) is 23.5 Å². The van der Waals surface area contributed by atoms with Crippen LogP contribution in [0.15, 0.2) is 42.6 Å². The largest absolute Gasteiger partial charge is 0.494 e. The van der Waals surface area contributed by atoms with E-state index in [1.807, 2.05) is 43.3 Å². The Balaban J connectivity index is 1.51. The lowest BCUT2D eigenvalue weighted by Gasteiger charge is -2.15. The maximum Gasteiger partial charge on any atom is 0.220 e. The average Bonchev–Trinajstić information content (AvgIpc) is 3.07. The number of pyridine rings is 1. The zero-order valence-corrected chi connectivity index (χ0v) is 15.7. The first-order chi connectivity index (χ1) is 13.1. The molecule has 3 rings (SSSR count). The maximum absolute atomic E-state index is 12.2. The minimum atomic E-state index is 0.0446. The van der Waals surface area contributed by atoms with Crippen molar-refractivity contribution in [2.75, 3.05) is 6.61 Å². The maximum atomic E-state index is 12.2. The Hall–Kier alpha value is -2.60. The fraction of sp³-hybridized carbons (Fsp3) is 0.429. The van der Waals surface area contributed by atoms with E-state index in [-0.39, 0.29) is 11.9 Å². The quantitative estimate of drug-likeness (QED) is 0.745. The third kappa shape index (κ3) is 5.69. The van der Waals surface area contributed by atoms with Crippen LogP contribution in [0.25, 0.3) is 0 Å². The van der Waals surface area contributed by atoms with Gasteiger partial charge in [-0.15, -0.1) is 0 Å². The summed E-state index contributed by atoms with van der Waals surface area (Å²) < 4.78 is 11.2. The molecule has 0 saturated heterocycles. The zero-order valence-electron chi connectivity index (χ0n) is 15.7. The molecule has 0 unspecified atom stereocenters. The summed E-state index contributed by atoms with van der Waals surface area (Å²) in [6.07, 6.45) is 5.37. The number of hydrogen-bond donors (Lipinski definition) is 2. The summed E-state index contributed by atoms with van der Waals surface area (Å²) in [6.45, 7) is 3.02. The molecule has 0 radical (unpaired) electrons. The Kier molecular flexibility index (Phi) is 6.65. The molecule has 2 atom stereocenters. The van der Waals surface area contributed by atoms with Gasteiger partial charge < -0.3 is 20.5 Å². The topological polar surface area (TPSA) is 86.5 Å². The van der Waals surface area contributed by atoms with E-state index in [2.05, 4.69) is 10.3 Å². The van der Waals surface area contributed by atoms with Crippen molar-refractivity contribution >= 4 is 5.91 Å². The molecule has 0 bridgehead atoms. The molecule has 1 aliphatic carbocycles. The van der Waals surface area contributed by atoms with Crippen LogP contribution >= 0.6 is 0 Å². The number of ether oxygens (including phenoxy) is 2. The average molecular weight is 369 g/mol. The Labute approximate surface area is 160 Å². The molecule has 1 saturated carbocycles. The highest BCUT2D eigenvalue weighted by molar-refractivity contribution is 5.76. The molecule has 27 heavy (non-hydrogen) atoms. The van der Waals surface area contributed by atoms with Gasteiger partial charge in [0.15, 0.2) is 0 Å². The smallest absolute Gasteiger partial charge is 0.220 e. The molecule has 3 N–H and O–H groups in total. The highest BCUT2D eigenvalue weighted by Crippen LogP contribution is 2.27. The molecule has 1 heterocycles. The number of benzene rings is 1. The van der Waals surface area contributed by atoms with Gasteiger partial charge in [0, 0.05) is 31.3 Å². The molecule has 0 aliphatic heterocycles. The second-order valence-electron chi connectivity index (χ2n) is 6.84. The summed E-state index contributed by atoms with van der Waals surface area (Å²) in [6, 6.07) is 11.3. The molecule has 6 nitrogen and oxygen atoms in total. The lowest BCUT2D eigenvalue weighted by Crippen LogP contribution is -2.31. The standard InChI is InChI=1S/C21H27N3O3/c1-2-26-17-6-8-18(9-7-17)27-21-12-15(10-11-23-21)14-24-20(25)13-16-4-3-5-19(16)22/h6-12,16,19H,2-5,13-14,22H2,1H3,(H,24,25)/t16-,19+/m0/s1. The van der Waals surface area contributed by atoms with Crippen molar-refractivity contribution in [3.63, 3.8) is 0 Å². The third-order valence-corrected chi connectivity index (χ3v) is 4.81. The van der Waals surface area contributed by atoms with Gasteiger partial charge in [-0.1, -0.05) is 6.42 Å². The van der Waals surface area contributed by atoms with Crippen LogP contribution in [-0.2, 0) is 11.3 Å². The van der Waals surface area contributed by atoms with E-state index < -0.39 is 0 Å². The van der Waals surface area contributed by atoms with E-state index in [1.165, 1.54) is 0 Å². The number of nitrogens with one attached hydrogen (secondary N) is 1. The van der Waals surface area contributed by atoms with Gasteiger partial charge in [-0.25, -0.2) is 4.98 Å². The fourth-order valence-corrected chi connectivity index (χ4v) is 3.34. The Morgan fingerprint density at radius 1 is 1.22 bits per heavy atom. The van der Waals surface area contributed by atoms with Gasteiger partial charge in [0.1, 0.15) is 11.5 Å². The minimum Gasteiger partial charge on any atom is -0.494 e. The summed E-state index contributed by atoms with van der Waals surface area (Å²) in [7, 11) is 0. The number of nitrogens with two attached hydrogens (primary N) is 1. The van der Waals surface area contributed by atoms with Crippen molar-refractivity contribution in [3.8, 4) is 17.4 Å². The fourth-order valence-electron chi connectivity index (χ4n) is 3.34. The summed E-state index contributed by atoms with van der Waals surface area (Å²) in [4.78, 5) is 16.4. The molecule has 2 aromatic rings. The first-order valence-electron chi connectivity index (χ1n) is 9.52. The summed E-state index contributed by atoms with van der Waals surface area (Å²) in [5.41, 5.74) is 6.98. The Bertz CT molecular complexity index is 749. The van der Waals surface area contributed by atoms with Crippen molar-refractivity contribution in [3.05, 3.63) is 48.2 Å². The minimum absolute atomic E-state index is 0.0446. The monoisotopic (exact) mass is 369 g/mol. The first-order valence-corrected chi connectivity index (χ1v) is 9.52. The van der Waals surface area contributed by atoms with E-state index in [1.54, 1.807) is 6.20 Å². The van der Waals surface area contributed by atoms with E-state index in [0.717, 1.165) is 30.6 Å². The predicted octanol–water partition coefficient (Wildman–Crippen LogP) is 3.41. The highest BCUT2D eigenvalue weighted by Gasteiger charge is 2.25. The second-order valence-corrected chi connectivity index (χ2v) is 6.84. The third-order valence-electron chi connectivity index (χ3n) is 4.81. The van der Waals surface area contributed by atoms with Gasteiger partial charge >= 0.3 is 0 Å². The number of carbonyl (C=O) groups is 1. The van der Waals surface area contributed by atoms with Gasteiger partial charge in [0.2, 0.25) is 11.8 Å². The molecule has 1 aromatic carbocycles. The molecule has 1 aliphatic rings. The summed E-state index contributed by atoms with van der Waals surface area (Å²) >= 11 is 0. The number of rotatable bonds is 8. The van der Waals surface area contributed by atoms with Crippen molar-refractivity contribution in [1.82, 2.24) is 10.3 Å². The molecule has 1 aromatic heterocycles. The van der Waals surface area contributed by atoms with E-state index in [0.29, 0.717) is 37.1 Å². The van der Waals surface area contributed by atoms with Crippen molar-refractivity contribution < 1.29 is 14.3 Å². The predicted molar refractivity (Wildman–Crippen MR) is 104 cm³/mol. The van der Waals surface area contributed by atoms with Crippen LogP contribution in [0.2, 0.25) is 0 Å². The van der Waals surface area contributed by atoms with Gasteiger partial charge in [0.25, 0.3) is 0 Å². The lowest BCUT2D eigenvalue weighted by atomic mass is 10.00. The van der Waals surface area contributed by atoms with Crippen LogP contribution < -0.4 is 20.5 Å². The lowest BCUT2D eigenvalue weighted by molar-refractivity contribution is -0.122. The van der Waals surface area contributed by atoms with Crippen molar-refractivity contribution in [2.24, 2.45) is 11.7 Å². The highest BCUT2D eigenvalue weighted by atomic mass is 16.5. The first kappa shape index (κ1) is 19.2. The molecule has 0 spiro atoms. The number of nitrogens with zero attached hydrogens (tertiary/aromatic N) is 1. The molecular weight excluding hydrogens is 342 g/mol. The van der Waals surface area contributed by atoms with E-state index >= 15 is 0 Å². The van der Waals surface area contributed by atoms with Crippen LogP contribution in [0.1, 0.15) is 38.2 Å². The normalized spacial score (nSPS) is 18.9. The van der Waals surface area contributed by atoms with Gasteiger partial charge in [-0.05, 0) is 61.6 Å². The van der Waals surface area contributed by atoms with Crippen molar-refractivity contribution in [1.29, 1.82) is 0 Å². The zero-order chi connectivity index (χ0) is 19.1. The number of carbonyl (C=O) groups excluding carboxylic acids is 1. The van der Waals surface area contributed by atoms with Crippen LogP contribution in [0.5, 0.6) is 17.4 Å². The van der Waals surface area contributed by atoms with E-state index in [4.69, 9.17) is 15.2 Å². The molecule has 1 fully saturated rings. The Morgan fingerprint density at radius 2 is 2.00 bits per heavy atom. The van der Waals surface area contributed by atoms with E-state index in [9.17, 15) is 4.79 Å². The second kappa shape index (κ2) is 9.37. The molecule has 6 heteroatoms. The van der Waals surface area contributed by atoms with Gasteiger partial charge in [0.05, 0.1) is 6.61 Å². The van der Waals surface area contributed by atoms with Crippen LogP contribution in [0, 0.1) is 5.92 Å². The van der Waals surface area contributed by atoms with Gasteiger partial charge in [-0.2, -0.15) is 0 Å². The van der Waals surface area contributed by atoms with Gasteiger partial charge in [-0.3, -0.25) is 4.79 Å². The SMILES string of the molecule is CCOc1ccc(Oc2cc(CNC(=O)C[C@@H]3CCC[C@H]3N)ccn2)cc1. The van der Waals surface area contributed by atoms with Crippen molar-refractivity contribution in [2.45, 2.75) is 45.2 Å². The molecule has 1 amide bonds. The number of hydrogen-bond acceptors (Lipinski definition) is 5. The number of aromatic nitrogens is 1. The summed E-state index contributed by atoms with van der Waals surface area (Å²) in [5, 5.41) is 2.96.